The summed E-state index contributed by atoms with van der Waals surface area (Å²) in [7, 11) is -1.94. The molecular formula is C31H38ClN5O5S. The first-order valence-electron chi connectivity index (χ1n) is 14.8. The molecule has 3 aliphatic rings. The normalized spacial score (nSPS) is 19.6. The van der Waals surface area contributed by atoms with E-state index >= 15 is 0 Å². The van der Waals surface area contributed by atoms with Gasteiger partial charge >= 0.3 is 5.97 Å². The minimum absolute atomic E-state index is 0.260. The van der Waals surface area contributed by atoms with Crippen molar-refractivity contribution in [3.63, 3.8) is 0 Å². The lowest BCUT2D eigenvalue weighted by Crippen LogP contribution is -2.42. The number of halogens is 1. The molecular weight excluding hydrogens is 590 g/mol. The lowest BCUT2D eigenvalue weighted by atomic mass is 9.91. The van der Waals surface area contributed by atoms with Gasteiger partial charge in [0, 0.05) is 79.6 Å². The van der Waals surface area contributed by atoms with Crippen molar-refractivity contribution in [1.29, 1.82) is 0 Å². The quantitative estimate of drug-likeness (QED) is 0.380. The summed E-state index contributed by atoms with van der Waals surface area (Å²) in [5, 5.41) is 8.97. The number of carbonyl (C=O) groups excluding carboxylic acids is 1. The summed E-state index contributed by atoms with van der Waals surface area (Å²) >= 11 is 6.76. The van der Waals surface area contributed by atoms with Gasteiger partial charge in [0.2, 0.25) is 10.0 Å². The maximum atomic E-state index is 12.5. The molecule has 0 aliphatic carbocycles. The summed E-state index contributed by atoms with van der Waals surface area (Å²) in [6, 6.07) is 11.8. The molecule has 6 rings (SSSR count). The summed E-state index contributed by atoms with van der Waals surface area (Å²) in [6.45, 7) is 6.50. The third-order valence-corrected chi connectivity index (χ3v) is 10.3. The lowest BCUT2D eigenvalue weighted by Gasteiger charge is -2.27. The monoisotopic (exact) mass is 627 g/mol. The van der Waals surface area contributed by atoms with Crippen molar-refractivity contribution in [2.24, 2.45) is 0 Å². The van der Waals surface area contributed by atoms with E-state index in [0.717, 1.165) is 90.6 Å². The van der Waals surface area contributed by atoms with Gasteiger partial charge in [0.05, 0.1) is 32.3 Å². The van der Waals surface area contributed by atoms with Crippen LogP contribution in [0.5, 0.6) is 0 Å². The first-order valence-corrected chi connectivity index (χ1v) is 17.0. The van der Waals surface area contributed by atoms with Gasteiger partial charge in [0.1, 0.15) is 6.04 Å². The van der Waals surface area contributed by atoms with Crippen LogP contribution in [0.25, 0.3) is 22.4 Å². The van der Waals surface area contributed by atoms with Crippen LogP contribution >= 0.6 is 11.6 Å². The lowest BCUT2D eigenvalue weighted by molar-refractivity contribution is -0.143. The van der Waals surface area contributed by atoms with Crippen molar-refractivity contribution in [3.05, 3.63) is 63.8 Å². The van der Waals surface area contributed by atoms with Crippen LogP contribution in [-0.4, -0.2) is 92.2 Å². The average molecular weight is 628 g/mol. The summed E-state index contributed by atoms with van der Waals surface area (Å²) in [5.41, 5.74) is 7.84. The van der Waals surface area contributed by atoms with Gasteiger partial charge < -0.3 is 14.8 Å². The van der Waals surface area contributed by atoms with E-state index in [9.17, 15) is 13.2 Å². The Labute approximate surface area is 257 Å². The van der Waals surface area contributed by atoms with Gasteiger partial charge in [-0.15, -0.1) is 0 Å². The molecule has 1 saturated heterocycles. The second-order valence-electron chi connectivity index (χ2n) is 11.5. The number of hydrogen-bond donors (Lipinski definition) is 1. The number of nitrogens with zero attached hydrogens (tertiary/aromatic N) is 4. The van der Waals surface area contributed by atoms with Crippen molar-refractivity contribution in [3.8, 4) is 22.4 Å². The Morgan fingerprint density at radius 2 is 1.88 bits per heavy atom. The zero-order valence-corrected chi connectivity index (χ0v) is 26.2. The van der Waals surface area contributed by atoms with E-state index in [2.05, 4.69) is 33.1 Å². The highest BCUT2D eigenvalue weighted by molar-refractivity contribution is 7.88. The summed E-state index contributed by atoms with van der Waals surface area (Å²) < 4.78 is 39.0. The molecule has 2 aromatic carbocycles. The minimum atomic E-state index is -3.35. The number of fused-ring (bicyclic) bond motifs is 2. The van der Waals surface area contributed by atoms with Crippen molar-refractivity contribution >= 4 is 27.6 Å². The number of methoxy groups -OCH3 is 1. The highest BCUT2D eigenvalue weighted by Gasteiger charge is 2.30. The highest BCUT2D eigenvalue weighted by Crippen LogP contribution is 2.37. The number of nitrogens with one attached hydrogen (secondary N) is 1. The van der Waals surface area contributed by atoms with Gasteiger partial charge in [-0.25, -0.2) is 8.42 Å². The van der Waals surface area contributed by atoms with Gasteiger partial charge in [-0.2, -0.15) is 9.40 Å². The molecule has 0 radical (unpaired) electrons. The standard InChI is InChI=1S/C31H38ClN5O5S/c1-41-31(38)28-18-21-4-5-22(16-24(21)19-33-28)25-17-23(6-7-27(25)32)30-26-20-36(43(2,39)40)11-8-29(26)37(34-30)10-3-9-35-12-14-42-15-13-35/h4-7,16-17,28,33H,3,8-15,18-20H2,1-2H3. The van der Waals surface area contributed by atoms with E-state index < -0.39 is 10.0 Å². The molecule has 10 nitrogen and oxygen atoms in total. The van der Waals surface area contributed by atoms with Crippen molar-refractivity contribution in [1.82, 2.24) is 24.3 Å². The zero-order chi connectivity index (χ0) is 30.1. The van der Waals surface area contributed by atoms with E-state index in [1.54, 1.807) is 0 Å². The fourth-order valence-electron chi connectivity index (χ4n) is 6.32. The largest absolute Gasteiger partial charge is 0.468 e. The Morgan fingerprint density at radius 1 is 1.09 bits per heavy atom. The molecule has 3 aliphatic heterocycles. The van der Waals surface area contributed by atoms with Crippen molar-refractivity contribution in [2.75, 3.05) is 52.8 Å². The van der Waals surface area contributed by atoms with E-state index in [-0.39, 0.29) is 12.0 Å². The summed E-state index contributed by atoms with van der Waals surface area (Å²) in [5.74, 6) is -0.260. The molecule has 12 heteroatoms. The highest BCUT2D eigenvalue weighted by atomic mass is 35.5. The van der Waals surface area contributed by atoms with Crippen molar-refractivity contribution < 1.29 is 22.7 Å². The molecule has 0 saturated carbocycles. The summed E-state index contributed by atoms with van der Waals surface area (Å²) in [6.07, 6.45) is 3.41. The Kier molecular flexibility index (Phi) is 8.91. The van der Waals surface area contributed by atoms with Crippen LogP contribution < -0.4 is 5.32 Å². The van der Waals surface area contributed by atoms with Crippen LogP contribution in [0.4, 0.5) is 0 Å². The molecule has 1 fully saturated rings. The van der Waals surface area contributed by atoms with E-state index in [1.165, 1.54) is 17.7 Å². The number of aromatic nitrogens is 2. The Balaban J connectivity index is 1.31. The predicted molar refractivity (Wildman–Crippen MR) is 165 cm³/mol. The molecule has 1 N–H and O–H groups in total. The van der Waals surface area contributed by atoms with E-state index in [0.29, 0.717) is 37.5 Å². The Hall–Kier alpha value is -2.80. The number of rotatable bonds is 8. The SMILES string of the molecule is COC(=O)C1Cc2ccc(-c3cc(-c4nn(CCCN5CCOCC5)c5c4CN(S(C)(=O)=O)CC5)ccc3Cl)cc2CN1. The van der Waals surface area contributed by atoms with Crippen LogP contribution in [-0.2, 0) is 56.8 Å². The molecule has 1 unspecified atom stereocenters. The summed E-state index contributed by atoms with van der Waals surface area (Å²) in [4.78, 5) is 14.5. The van der Waals surface area contributed by atoms with Gasteiger partial charge in [0.25, 0.3) is 0 Å². The molecule has 0 spiro atoms. The fourth-order valence-corrected chi connectivity index (χ4v) is 7.33. The Bertz CT molecular complexity index is 1620. The Morgan fingerprint density at radius 3 is 2.65 bits per heavy atom. The van der Waals surface area contributed by atoms with Gasteiger partial charge in [-0.1, -0.05) is 29.8 Å². The smallest absolute Gasteiger partial charge is 0.323 e. The molecule has 0 amide bonds. The molecule has 1 aromatic heterocycles. The number of ether oxygens (including phenoxy) is 2. The number of esters is 1. The number of aryl methyl sites for hydroxylation is 1. The first kappa shape index (κ1) is 30.2. The number of sulfonamides is 1. The third kappa shape index (κ3) is 6.52. The maximum absolute atomic E-state index is 12.5. The number of carbonyl (C=O) groups is 1. The molecule has 3 aromatic rings. The van der Waals surface area contributed by atoms with E-state index in [1.807, 2.05) is 18.2 Å². The van der Waals surface area contributed by atoms with Gasteiger partial charge in [-0.05, 0) is 47.7 Å². The van der Waals surface area contributed by atoms with E-state index in [4.69, 9.17) is 26.2 Å². The van der Waals surface area contributed by atoms with Crippen LogP contribution in [0.2, 0.25) is 5.02 Å². The van der Waals surface area contributed by atoms with Crippen LogP contribution in [0.3, 0.4) is 0 Å². The fraction of sp³-hybridized carbons (Fsp3) is 0.484. The number of morpholine rings is 1. The van der Waals surface area contributed by atoms with Crippen molar-refractivity contribution in [2.45, 2.75) is 44.9 Å². The minimum Gasteiger partial charge on any atom is -0.468 e. The van der Waals surface area contributed by atoms with Crippen LogP contribution in [0, 0.1) is 0 Å². The topological polar surface area (TPSA) is 106 Å². The molecule has 4 heterocycles. The van der Waals surface area contributed by atoms with Gasteiger partial charge in [-0.3, -0.25) is 14.4 Å². The predicted octanol–water partition coefficient (Wildman–Crippen LogP) is 3.10. The molecule has 0 bridgehead atoms. The number of hydrogen-bond acceptors (Lipinski definition) is 8. The second-order valence-corrected chi connectivity index (χ2v) is 13.9. The number of benzene rings is 2. The molecule has 1 atom stereocenters. The molecule has 43 heavy (non-hydrogen) atoms. The second kappa shape index (κ2) is 12.7. The maximum Gasteiger partial charge on any atom is 0.323 e. The van der Waals surface area contributed by atoms with Gasteiger partial charge in [0.15, 0.2) is 0 Å². The molecule has 230 valence electrons. The third-order valence-electron chi connectivity index (χ3n) is 8.72. The van der Waals surface area contributed by atoms with Crippen LogP contribution in [0.1, 0.15) is 28.8 Å². The first-order chi connectivity index (χ1) is 20.7. The van der Waals surface area contributed by atoms with Crippen LogP contribution in [0.15, 0.2) is 36.4 Å². The zero-order valence-electron chi connectivity index (χ0n) is 24.6. The average Bonchev–Trinajstić information content (AvgIpc) is 3.38.